The summed E-state index contributed by atoms with van der Waals surface area (Å²) in [6.45, 7) is 0. The third-order valence-electron chi connectivity index (χ3n) is 11.3. The molecule has 9 aromatic carbocycles. The van der Waals surface area contributed by atoms with E-state index in [4.69, 9.17) is 18.8 Å². The number of hydrogen-bond acceptors (Lipinski definition) is 4. The molecular formula is C52H30N2O2. The smallest absolute Gasteiger partial charge is 0.231 e. The number of rotatable bonds is 4. The van der Waals surface area contributed by atoms with E-state index in [1.807, 2.05) is 48.5 Å². The Morgan fingerprint density at radius 1 is 0.304 bits per heavy atom. The van der Waals surface area contributed by atoms with Gasteiger partial charge in [-0.05, 0) is 91.0 Å². The Hall–Kier alpha value is -7.56. The van der Waals surface area contributed by atoms with Gasteiger partial charge in [-0.25, -0.2) is 4.98 Å². The number of nitrogens with zero attached hydrogens (tertiary/aromatic N) is 2. The van der Waals surface area contributed by atoms with Gasteiger partial charge < -0.3 is 8.83 Å². The fraction of sp³-hybridized carbons (Fsp3) is 0. The predicted octanol–water partition coefficient (Wildman–Crippen LogP) is 14.4. The van der Waals surface area contributed by atoms with E-state index in [-0.39, 0.29) is 0 Å². The molecule has 12 aromatic rings. The molecule has 0 aliphatic carbocycles. The molecular weight excluding hydrogens is 685 g/mol. The van der Waals surface area contributed by atoms with Gasteiger partial charge in [-0.15, -0.1) is 0 Å². The van der Waals surface area contributed by atoms with E-state index >= 15 is 0 Å². The molecule has 0 saturated heterocycles. The molecule has 0 amide bonds. The zero-order chi connectivity index (χ0) is 36.7. The van der Waals surface area contributed by atoms with E-state index < -0.39 is 0 Å². The van der Waals surface area contributed by atoms with Crippen molar-refractivity contribution in [1.29, 1.82) is 0 Å². The van der Waals surface area contributed by atoms with Crippen molar-refractivity contribution in [1.82, 2.24) is 9.97 Å². The molecule has 12 rings (SSSR count). The van der Waals surface area contributed by atoms with E-state index in [2.05, 4.69) is 133 Å². The quantitative estimate of drug-likeness (QED) is 0.170. The van der Waals surface area contributed by atoms with Crippen molar-refractivity contribution in [2.75, 3.05) is 0 Å². The minimum absolute atomic E-state index is 0.567. The zero-order valence-electron chi connectivity index (χ0n) is 30.0. The summed E-state index contributed by atoms with van der Waals surface area (Å²) in [7, 11) is 0. The van der Waals surface area contributed by atoms with Crippen molar-refractivity contribution in [3.63, 3.8) is 0 Å². The van der Waals surface area contributed by atoms with E-state index in [0.29, 0.717) is 11.5 Å². The topological polar surface area (TPSA) is 52.1 Å². The predicted molar refractivity (Wildman–Crippen MR) is 231 cm³/mol. The normalized spacial score (nSPS) is 11.9. The summed E-state index contributed by atoms with van der Waals surface area (Å²) in [5.74, 6) is 0.634. The molecule has 0 radical (unpaired) electrons. The monoisotopic (exact) mass is 714 g/mol. The summed E-state index contributed by atoms with van der Waals surface area (Å²) in [5.41, 5.74) is 10.3. The Morgan fingerprint density at radius 2 is 0.839 bits per heavy atom. The van der Waals surface area contributed by atoms with Crippen molar-refractivity contribution in [3.05, 3.63) is 182 Å². The first-order valence-corrected chi connectivity index (χ1v) is 18.9. The van der Waals surface area contributed by atoms with Crippen LogP contribution in [0.3, 0.4) is 0 Å². The van der Waals surface area contributed by atoms with Gasteiger partial charge in [0.25, 0.3) is 0 Å². The number of hydrogen-bond donors (Lipinski definition) is 0. The van der Waals surface area contributed by atoms with Gasteiger partial charge in [0.05, 0.1) is 11.1 Å². The molecule has 0 aliphatic heterocycles. The molecule has 0 N–H and O–H groups in total. The first-order chi connectivity index (χ1) is 27.7. The molecule has 0 aliphatic rings. The Labute approximate surface area is 320 Å². The van der Waals surface area contributed by atoms with Gasteiger partial charge in [0, 0.05) is 27.3 Å². The SMILES string of the molecule is c1ccc(-c2nc(-c3ccccc3)c3c(n2)oc2ccc(-c4cccc5oc6ccc(-c7ccc8c9ccccc9c9ccccc9c8c7)cc6c45)cc23)cc1. The molecule has 56 heavy (non-hydrogen) atoms. The lowest BCUT2D eigenvalue weighted by molar-refractivity contribution is 0.653. The summed E-state index contributed by atoms with van der Waals surface area (Å²) in [6.07, 6.45) is 0. The van der Waals surface area contributed by atoms with Crippen molar-refractivity contribution in [3.8, 4) is 44.9 Å². The second-order valence-corrected chi connectivity index (χ2v) is 14.5. The second kappa shape index (κ2) is 12.0. The highest BCUT2D eigenvalue weighted by molar-refractivity contribution is 6.26. The lowest BCUT2D eigenvalue weighted by Crippen LogP contribution is -1.93. The van der Waals surface area contributed by atoms with E-state index in [9.17, 15) is 0 Å². The van der Waals surface area contributed by atoms with E-state index in [0.717, 1.165) is 71.8 Å². The lowest BCUT2D eigenvalue weighted by Gasteiger charge is -2.12. The maximum atomic E-state index is 6.52. The van der Waals surface area contributed by atoms with Gasteiger partial charge in [-0.2, -0.15) is 4.98 Å². The molecule has 3 aromatic heterocycles. The summed E-state index contributed by atoms with van der Waals surface area (Å²) in [6, 6.07) is 64.0. The van der Waals surface area contributed by atoms with Crippen LogP contribution in [0.2, 0.25) is 0 Å². The van der Waals surface area contributed by atoms with Crippen molar-refractivity contribution < 1.29 is 8.83 Å². The highest BCUT2D eigenvalue weighted by atomic mass is 16.3. The summed E-state index contributed by atoms with van der Waals surface area (Å²) >= 11 is 0. The molecule has 0 bridgehead atoms. The van der Waals surface area contributed by atoms with Crippen molar-refractivity contribution in [2.45, 2.75) is 0 Å². The Kier molecular flexibility index (Phi) is 6.60. The molecule has 3 heterocycles. The highest BCUT2D eigenvalue weighted by Gasteiger charge is 2.20. The molecule has 0 spiro atoms. The van der Waals surface area contributed by atoms with Crippen LogP contribution in [-0.2, 0) is 0 Å². The van der Waals surface area contributed by atoms with Gasteiger partial charge in [0.15, 0.2) is 5.82 Å². The van der Waals surface area contributed by atoms with E-state index in [1.165, 1.54) is 37.9 Å². The highest BCUT2D eigenvalue weighted by Crippen LogP contribution is 2.43. The van der Waals surface area contributed by atoms with Crippen LogP contribution in [0.25, 0.3) is 121 Å². The number of aromatic nitrogens is 2. The van der Waals surface area contributed by atoms with Crippen LogP contribution >= 0.6 is 0 Å². The fourth-order valence-corrected chi connectivity index (χ4v) is 8.70. The largest absolute Gasteiger partial charge is 0.456 e. The lowest BCUT2D eigenvalue weighted by atomic mass is 9.91. The van der Waals surface area contributed by atoms with Crippen LogP contribution in [0.15, 0.2) is 191 Å². The van der Waals surface area contributed by atoms with Crippen LogP contribution in [-0.4, -0.2) is 9.97 Å². The molecule has 4 heteroatoms. The number of benzene rings is 9. The molecule has 0 fully saturated rings. The van der Waals surface area contributed by atoms with Gasteiger partial charge in [0.1, 0.15) is 16.7 Å². The van der Waals surface area contributed by atoms with Crippen molar-refractivity contribution >= 4 is 76.3 Å². The van der Waals surface area contributed by atoms with Gasteiger partial charge in [-0.1, -0.05) is 146 Å². The summed E-state index contributed by atoms with van der Waals surface area (Å²) in [4.78, 5) is 10.1. The van der Waals surface area contributed by atoms with E-state index in [1.54, 1.807) is 0 Å². The number of fused-ring (bicyclic) bond motifs is 12. The van der Waals surface area contributed by atoms with Crippen LogP contribution in [0.4, 0.5) is 0 Å². The van der Waals surface area contributed by atoms with Crippen LogP contribution in [0.5, 0.6) is 0 Å². The fourth-order valence-electron chi connectivity index (χ4n) is 8.70. The number of furan rings is 2. The van der Waals surface area contributed by atoms with Gasteiger partial charge in [0.2, 0.25) is 5.71 Å². The van der Waals surface area contributed by atoms with Gasteiger partial charge >= 0.3 is 0 Å². The van der Waals surface area contributed by atoms with Crippen molar-refractivity contribution in [2.24, 2.45) is 0 Å². The maximum absolute atomic E-state index is 6.52. The first-order valence-electron chi connectivity index (χ1n) is 18.9. The molecule has 0 atom stereocenters. The Balaban J connectivity index is 1.05. The average Bonchev–Trinajstić information content (AvgIpc) is 3.84. The molecule has 0 unspecified atom stereocenters. The minimum Gasteiger partial charge on any atom is -0.456 e. The summed E-state index contributed by atoms with van der Waals surface area (Å²) in [5, 5.41) is 11.6. The summed E-state index contributed by atoms with van der Waals surface area (Å²) < 4.78 is 13.0. The molecule has 4 nitrogen and oxygen atoms in total. The van der Waals surface area contributed by atoms with Crippen LogP contribution in [0.1, 0.15) is 0 Å². The molecule has 260 valence electrons. The standard InChI is InChI=1S/C52H30N2O2/c1-3-12-31(13-4-1)50-49-44-30-35(24-27-46(44)56-52(49)54-51(53-50)32-14-5-2-6-15-32)36-20-11-21-47-48(36)43-29-34(23-26-45(43)55-47)33-22-25-41-39-18-8-7-16-37(39)38-17-9-10-19-40(38)42(41)28-33/h1-30H. The zero-order valence-corrected chi connectivity index (χ0v) is 30.0. The Morgan fingerprint density at radius 3 is 1.55 bits per heavy atom. The third-order valence-corrected chi connectivity index (χ3v) is 11.3. The average molecular weight is 715 g/mol. The molecule has 0 saturated carbocycles. The van der Waals surface area contributed by atoms with Crippen LogP contribution in [0, 0.1) is 0 Å². The maximum Gasteiger partial charge on any atom is 0.231 e. The van der Waals surface area contributed by atoms with Crippen LogP contribution < -0.4 is 0 Å². The first kappa shape index (κ1) is 30.9. The van der Waals surface area contributed by atoms with Gasteiger partial charge in [-0.3, -0.25) is 0 Å². The third kappa shape index (κ3) is 4.66. The minimum atomic E-state index is 0.567. The second-order valence-electron chi connectivity index (χ2n) is 14.5. The Bertz CT molecular complexity index is 3490.